The molecule has 0 fully saturated rings. The quantitative estimate of drug-likeness (QED) is 0.812. The Hall–Kier alpha value is -1.82. The SMILES string of the molecule is CCOC(=O)C(Cc1c[nH]c2cccc(Br)c12)NC(C)=O. The third-order valence-electron chi connectivity index (χ3n) is 3.11. The first-order valence-corrected chi connectivity index (χ1v) is 7.50. The van der Waals surface area contributed by atoms with Gasteiger partial charge in [-0.1, -0.05) is 22.0 Å². The number of esters is 1. The summed E-state index contributed by atoms with van der Waals surface area (Å²) in [6.07, 6.45) is 2.23. The molecule has 0 spiro atoms. The molecule has 6 heteroatoms. The van der Waals surface area contributed by atoms with E-state index >= 15 is 0 Å². The number of H-pyrrole nitrogens is 1. The molecule has 112 valence electrons. The first kappa shape index (κ1) is 15.6. The summed E-state index contributed by atoms with van der Waals surface area (Å²) in [4.78, 5) is 26.4. The summed E-state index contributed by atoms with van der Waals surface area (Å²) in [5, 5.41) is 3.66. The molecule has 0 saturated carbocycles. The van der Waals surface area contributed by atoms with Crippen molar-refractivity contribution in [2.45, 2.75) is 26.3 Å². The lowest BCUT2D eigenvalue weighted by Crippen LogP contribution is -2.42. The third kappa shape index (κ3) is 3.64. The van der Waals surface area contributed by atoms with Crippen LogP contribution in [0, 0.1) is 0 Å². The van der Waals surface area contributed by atoms with Crippen molar-refractivity contribution in [2.24, 2.45) is 0 Å². The van der Waals surface area contributed by atoms with Crippen molar-refractivity contribution in [3.63, 3.8) is 0 Å². The van der Waals surface area contributed by atoms with E-state index in [2.05, 4.69) is 26.2 Å². The number of hydrogen-bond donors (Lipinski definition) is 2. The molecule has 1 heterocycles. The molecule has 0 aliphatic heterocycles. The van der Waals surface area contributed by atoms with E-state index < -0.39 is 12.0 Å². The van der Waals surface area contributed by atoms with Gasteiger partial charge in [-0.3, -0.25) is 4.79 Å². The number of nitrogens with one attached hydrogen (secondary N) is 2. The lowest BCUT2D eigenvalue weighted by atomic mass is 10.0. The number of carbonyl (C=O) groups is 2. The zero-order valence-corrected chi connectivity index (χ0v) is 13.5. The van der Waals surface area contributed by atoms with Gasteiger partial charge in [-0.05, 0) is 24.6 Å². The Morgan fingerprint density at radius 2 is 2.19 bits per heavy atom. The molecule has 0 bridgehead atoms. The fourth-order valence-electron chi connectivity index (χ4n) is 2.27. The van der Waals surface area contributed by atoms with E-state index in [1.807, 2.05) is 24.4 Å². The fourth-order valence-corrected chi connectivity index (χ4v) is 2.89. The largest absolute Gasteiger partial charge is 0.464 e. The molecule has 1 atom stereocenters. The topological polar surface area (TPSA) is 71.2 Å². The van der Waals surface area contributed by atoms with Gasteiger partial charge < -0.3 is 15.0 Å². The van der Waals surface area contributed by atoms with Crippen molar-refractivity contribution in [3.05, 3.63) is 34.4 Å². The maximum atomic E-state index is 12.0. The molecule has 0 radical (unpaired) electrons. The first-order chi connectivity index (χ1) is 10.0. The molecule has 1 aromatic heterocycles. The summed E-state index contributed by atoms with van der Waals surface area (Å²) in [6.45, 7) is 3.41. The van der Waals surface area contributed by atoms with Gasteiger partial charge in [0.2, 0.25) is 5.91 Å². The second-order valence-electron chi connectivity index (χ2n) is 4.69. The van der Waals surface area contributed by atoms with Gasteiger partial charge in [0, 0.05) is 34.9 Å². The van der Waals surface area contributed by atoms with E-state index in [1.54, 1.807) is 6.92 Å². The van der Waals surface area contributed by atoms with Crippen LogP contribution >= 0.6 is 15.9 Å². The summed E-state index contributed by atoms with van der Waals surface area (Å²) >= 11 is 3.51. The molecule has 0 aliphatic rings. The highest BCUT2D eigenvalue weighted by Crippen LogP contribution is 2.27. The van der Waals surface area contributed by atoms with Crippen LogP contribution in [0.5, 0.6) is 0 Å². The molecule has 21 heavy (non-hydrogen) atoms. The Labute approximate surface area is 131 Å². The maximum Gasteiger partial charge on any atom is 0.328 e. The fraction of sp³-hybridized carbons (Fsp3) is 0.333. The minimum Gasteiger partial charge on any atom is -0.464 e. The number of hydrogen-bond acceptors (Lipinski definition) is 3. The normalized spacial score (nSPS) is 12.1. The molecular formula is C15H17BrN2O3. The molecule has 0 aliphatic carbocycles. The van der Waals surface area contributed by atoms with E-state index in [4.69, 9.17) is 4.74 Å². The van der Waals surface area contributed by atoms with Crippen LogP contribution in [-0.4, -0.2) is 29.5 Å². The number of benzene rings is 1. The van der Waals surface area contributed by atoms with Crippen LogP contribution < -0.4 is 5.32 Å². The molecule has 1 unspecified atom stereocenters. The molecule has 1 amide bonds. The zero-order valence-electron chi connectivity index (χ0n) is 11.9. The predicted molar refractivity (Wildman–Crippen MR) is 83.9 cm³/mol. The van der Waals surface area contributed by atoms with E-state index in [1.165, 1.54) is 6.92 Å². The number of ether oxygens (including phenoxy) is 1. The Kier molecular flexibility index (Phi) is 5.01. The van der Waals surface area contributed by atoms with Crippen LogP contribution in [0.4, 0.5) is 0 Å². The number of aromatic amines is 1. The van der Waals surface area contributed by atoms with Crippen molar-refractivity contribution in [3.8, 4) is 0 Å². The predicted octanol–water partition coefficient (Wildman–Crippen LogP) is 2.54. The van der Waals surface area contributed by atoms with Gasteiger partial charge in [0.15, 0.2) is 0 Å². The van der Waals surface area contributed by atoms with Crippen molar-refractivity contribution in [1.29, 1.82) is 0 Å². The summed E-state index contributed by atoms with van der Waals surface area (Å²) in [5.41, 5.74) is 1.93. The number of halogens is 1. The number of rotatable bonds is 5. The average molecular weight is 353 g/mol. The summed E-state index contributed by atoms with van der Waals surface area (Å²) < 4.78 is 5.97. The monoisotopic (exact) mass is 352 g/mol. The van der Waals surface area contributed by atoms with Crippen LogP contribution in [0.25, 0.3) is 10.9 Å². The standard InChI is InChI=1S/C15H17BrN2O3/c1-3-21-15(20)13(18-9(2)19)7-10-8-17-12-6-4-5-11(16)14(10)12/h4-6,8,13,17H,3,7H2,1-2H3,(H,18,19). The van der Waals surface area contributed by atoms with Crippen LogP contribution in [-0.2, 0) is 20.7 Å². The lowest BCUT2D eigenvalue weighted by molar-refractivity contribution is -0.147. The molecular weight excluding hydrogens is 336 g/mol. The van der Waals surface area contributed by atoms with Gasteiger partial charge in [0.05, 0.1) is 6.61 Å². The summed E-state index contributed by atoms with van der Waals surface area (Å²) in [6, 6.07) is 5.15. The van der Waals surface area contributed by atoms with Gasteiger partial charge in [-0.2, -0.15) is 0 Å². The van der Waals surface area contributed by atoms with Crippen LogP contribution in [0.1, 0.15) is 19.4 Å². The minimum atomic E-state index is -0.687. The molecule has 5 nitrogen and oxygen atoms in total. The van der Waals surface area contributed by atoms with Crippen LogP contribution in [0.2, 0.25) is 0 Å². The van der Waals surface area contributed by atoms with Crippen LogP contribution in [0.15, 0.2) is 28.9 Å². The lowest BCUT2D eigenvalue weighted by Gasteiger charge is -2.16. The molecule has 0 saturated heterocycles. The number of fused-ring (bicyclic) bond motifs is 1. The summed E-state index contributed by atoms with van der Waals surface area (Å²) in [7, 11) is 0. The Bertz CT molecular complexity index is 666. The zero-order chi connectivity index (χ0) is 15.4. The van der Waals surface area contributed by atoms with E-state index in [0.717, 1.165) is 20.9 Å². The van der Waals surface area contributed by atoms with E-state index in [0.29, 0.717) is 6.42 Å². The highest BCUT2D eigenvalue weighted by atomic mass is 79.9. The van der Waals surface area contributed by atoms with Gasteiger partial charge in [0.25, 0.3) is 0 Å². The molecule has 1 aromatic carbocycles. The highest BCUT2D eigenvalue weighted by molar-refractivity contribution is 9.10. The van der Waals surface area contributed by atoms with Gasteiger partial charge in [-0.25, -0.2) is 4.79 Å². The van der Waals surface area contributed by atoms with Crippen molar-refractivity contribution >= 4 is 38.7 Å². The summed E-state index contributed by atoms with van der Waals surface area (Å²) in [5.74, 6) is -0.680. The second-order valence-corrected chi connectivity index (χ2v) is 5.54. The Morgan fingerprint density at radius 1 is 1.43 bits per heavy atom. The Morgan fingerprint density at radius 3 is 2.86 bits per heavy atom. The minimum absolute atomic E-state index is 0.257. The third-order valence-corrected chi connectivity index (χ3v) is 3.77. The average Bonchev–Trinajstić information content (AvgIpc) is 2.82. The molecule has 2 rings (SSSR count). The number of amides is 1. The Balaban J connectivity index is 2.30. The number of carbonyl (C=O) groups excluding carboxylic acids is 2. The number of aromatic nitrogens is 1. The van der Waals surface area contributed by atoms with E-state index in [-0.39, 0.29) is 12.5 Å². The van der Waals surface area contributed by atoms with Gasteiger partial charge >= 0.3 is 5.97 Å². The van der Waals surface area contributed by atoms with Gasteiger partial charge in [0.1, 0.15) is 6.04 Å². The smallest absolute Gasteiger partial charge is 0.328 e. The van der Waals surface area contributed by atoms with Gasteiger partial charge in [-0.15, -0.1) is 0 Å². The van der Waals surface area contributed by atoms with E-state index in [9.17, 15) is 9.59 Å². The molecule has 2 N–H and O–H groups in total. The highest BCUT2D eigenvalue weighted by Gasteiger charge is 2.23. The molecule has 2 aromatic rings. The van der Waals surface area contributed by atoms with Crippen LogP contribution in [0.3, 0.4) is 0 Å². The van der Waals surface area contributed by atoms with Crippen molar-refractivity contribution < 1.29 is 14.3 Å². The first-order valence-electron chi connectivity index (χ1n) is 6.71. The maximum absolute atomic E-state index is 12.0. The van der Waals surface area contributed by atoms with Crippen molar-refractivity contribution in [1.82, 2.24) is 10.3 Å². The van der Waals surface area contributed by atoms with Crippen molar-refractivity contribution in [2.75, 3.05) is 6.61 Å². The second kappa shape index (κ2) is 6.76.